The lowest BCUT2D eigenvalue weighted by Gasteiger charge is -2.15. The molecule has 0 saturated heterocycles. The molecule has 28 heavy (non-hydrogen) atoms. The molecule has 0 spiro atoms. The monoisotopic (exact) mass is 427 g/mol. The van der Waals surface area contributed by atoms with Crippen molar-refractivity contribution in [2.24, 2.45) is 0 Å². The molecule has 0 aliphatic rings. The van der Waals surface area contributed by atoms with Gasteiger partial charge in [-0.15, -0.1) is 0 Å². The minimum Gasteiger partial charge on any atom is -0.355 e. The fraction of sp³-hybridized carbons (Fsp3) is 0.222. The minimum absolute atomic E-state index is 0.0290. The van der Waals surface area contributed by atoms with E-state index in [0.717, 1.165) is 18.2 Å². The van der Waals surface area contributed by atoms with Gasteiger partial charge < -0.3 is 10.6 Å². The first-order valence-electron chi connectivity index (χ1n) is 8.30. The van der Waals surface area contributed by atoms with Crippen molar-refractivity contribution in [1.29, 1.82) is 0 Å². The number of nitrogens with one attached hydrogen (secondary N) is 3. The van der Waals surface area contributed by atoms with Crippen LogP contribution < -0.4 is 15.4 Å². The van der Waals surface area contributed by atoms with Gasteiger partial charge in [0.1, 0.15) is 11.9 Å². The molecule has 0 aliphatic heterocycles. The van der Waals surface area contributed by atoms with E-state index in [1.807, 2.05) is 0 Å². The summed E-state index contributed by atoms with van der Waals surface area (Å²) in [5.41, 5.74) is 0.0620. The van der Waals surface area contributed by atoms with E-state index < -0.39 is 27.8 Å². The maximum Gasteiger partial charge on any atom is 0.261 e. The zero-order chi connectivity index (χ0) is 20.9. The predicted molar refractivity (Wildman–Crippen MR) is 104 cm³/mol. The second kappa shape index (κ2) is 9.03. The highest BCUT2D eigenvalue weighted by Crippen LogP contribution is 2.23. The normalized spacial score (nSPS) is 12.1. The van der Waals surface area contributed by atoms with Crippen molar-refractivity contribution in [1.82, 2.24) is 10.6 Å². The number of halogens is 2. The van der Waals surface area contributed by atoms with Gasteiger partial charge in [-0.3, -0.25) is 14.3 Å². The predicted octanol–water partition coefficient (Wildman–Crippen LogP) is 2.53. The highest BCUT2D eigenvalue weighted by Gasteiger charge is 2.21. The average Bonchev–Trinajstić information content (AvgIpc) is 2.63. The minimum atomic E-state index is -4.04. The summed E-state index contributed by atoms with van der Waals surface area (Å²) < 4.78 is 40.4. The lowest BCUT2D eigenvalue weighted by atomic mass is 10.2. The van der Waals surface area contributed by atoms with Gasteiger partial charge in [0, 0.05) is 12.2 Å². The van der Waals surface area contributed by atoms with Gasteiger partial charge in [0.05, 0.1) is 15.5 Å². The van der Waals surface area contributed by atoms with E-state index in [2.05, 4.69) is 15.4 Å². The van der Waals surface area contributed by atoms with Crippen molar-refractivity contribution >= 4 is 39.1 Å². The Balaban J connectivity index is 2.25. The van der Waals surface area contributed by atoms with E-state index in [4.69, 9.17) is 11.6 Å². The van der Waals surface area contributed by atoms with Crippen molar-refractivity contribution in [3.63, 3.8) is 0 Å². The third kappa shape index (κ3) is 5.43. The standard InChI is InChI=1S/C18H19ClFN3O4S/c1-3-21-17(24)11(2)22-18(25)15-10-14(8-9-16(15)19)28(26,27)23-13-6-4-12(20)5-7-13/h4-11,23H,3H2,1-2H3,(H,21,24)(H,22,25)/t11-/m1/s1. The molecule has 10 heteroatoms. The molecule has 2 rings (SSSR count). The summed E-state index contributed by atoms with van der Waals surface area (Å²) in [6.07, 6.45) is 0. The maximum absolute atomic E-state index is 13.0. The number of amides is 2. The van der Waals surface area contributed by atoms with Crippen molar-refractivity contribution < 1.29 is 22.4 Å². The molecular formula is C18H19ClFN3O4S. The number of benzene rings is 2. The molecule has 2 amide bonds. The number of carbonyl (C=O) groups is 2. The molecule has 0 heterocycles. The SMILES string of the molecule is CCNC(=O)[C@@H](C)NC(=O)c1cc(S(=O)(=O)Nc2ccc(F)cc2)ccc1Cl. The lowest BCUT2D eigenvalue weighted by Crippen LogP contribution is -2.44. The molecule has 7 nitrogen and oxygen atoms in total. The van der Waals surface area contributed by atoms with Crippen molar-refractivity contribution in [3.05, 3.63) is 58.9 Å². The Morgan fingerprint density at radius 3 is 2.39 bits per heavy atom. The molecule has 2 aromatic carbocycles. The van der Waals surface area contributed by atoms with Crippen LogP contribution in [0.15, 0.2) is 47.4 Å². The topological polar surface area (TPSA) is 104 Å². The van der Waals surface area contributed by atoms with Crippen LogP contribution in [0.3, 0.4) is 0 Å². The molecule has 150 valence electrons. The quantitative estimate of drug-likeness (QED) is 0.631. The van der Waals surface area contributed by atoms with Gasteiger partial charge in [0.15, 0.2) is 0 Å². The summed E-state index contributed by atoms with van der Waals surface area (Å²) in [6.45, 7) is 3.64. The summed E-state index contributed by atoms with van der Waals surface area (Å²) >= 11 is 6.02. The first-order valence-corrected chi connectivity index (χ1v) is 10.2. The van der Waals surface area contributed by atoms with Gasteiger partial charge in [0.2, 0.25) is 5.91 Å². The Bertz CT molecular complexity index is 981. The molecular weight excluding hydrogens is 409 g/mol. The zero-order valence-corrected chi connectivity index (χ0v) is 16.7. The average molecular weight is 428 g/mol. The number of anilines is 1. The molecule has 0 radical (unpaired) electrons. The van der Waals surface area contributed by atoms with Crippen molar-refractivity contribution in [2.75, 3.05) is 11.3 Å². The summed E-state index contributed by atoms with van der Waals surface area (Å²) in [4.78, 5) is 24.0. The molecule has 2 aromatic rings. The Kier molecular flexibility index (Phi) is 6.98. The summed E-state index contributed by atoms with van der Waals surface area (Å²) in [5, 5.41) is 5.06. The van der Waals surface area contributed by atoms with Gasteiger partial charge in [-0.25, -0.2) is 12.8 Å². The lowest BCUT2D eigenvalue weighted by molar-refractivity contribution is -0.122. The molecule has 0 unspecified atom stereocenters. The van der Waals surface area contributed by atoms with Crippen molar-refractivity contribution in [2.45, 2.75) is 24.8 Å². The summed E-state index contributed by atoms with van der Waals surface area (Å²) in [6, 6.07) is 7.54. The zero-order valence-electron chi connectivity index (χ0n) is 15.1. The Labute approximate surface area is 167 Å². The maximum atomic E-state index is 13.0. The molecule has 3 N–H and O–H groups in total. The van der Waals surface area contributed by atoms with E-state index in [0.29, 0.717) is 6.54 Å². The number of carbonyl (C=O) groups excluding carboxylic acids is 2. The van der Waals surface area contributed by atoms with Gasteiger partial charge in [0.25, 0.3) is 15.9 Å². The van der Waals surface area contributed by atoms with Crippen molar-refractivity contribution in [3.8, 4) is 0 Å². The van der Waals surface area contributed by atoms with Crippen LogP contribution in [0, 0.1) is 5.82 Å². The first kappa shape index (κ1) is 21.6. The third-order valence-corrected chi connectivity index (χ3v) is 5.39. The number of rotatable bonds is 7. The van der Waals surface area contributed by atoms with Crippen LogP contribution in [-0.4, -0.2) is 32.8 Å². The van der Waals surface area contributed by atoms with Crippen LogP contribution in [0.25, 0.3) is 0 Å². The fourth-order valence-electron chi connectivity index (χ4n) is 2.24. The highest BCUT2D eigenvalue weighted by molar-refractivity contribution is 7.92. The Morgan fingerprint density at radius 2 is 1.79 bits per heavy atom. The summed E-state index contributed by atoms with van der Waals surface area (Å²) in [7, 11) is -4.04. The van der Waals surface area contributed by atoms with Crippen LogP contribution in [0.5, 0.6) is 0 Å². The Morgan fingerprint density at radius 1 is 1.14 bits per heavy atom. The van der Waals surface area contributed by atoms with E-state index >= 15 is 0 Å². The van der Waals surface area contributed by atoms with Gasteiger partial charge in [-0.1, -0.05) is 11.6 Å². The molecule has 0 aromatic heterocycles. The van der Waals surface area contributed by atoms with Crippen LogP contribution in [0.1, 0.15) is 24.2 Å². The van der Waals surface area contributed by atoms with Gasteiger partial charge in [-0.05, 0) is 56.3 Å². The van der Waals surface area contributed by atoms with E-state index in [9.17, 15) is 22.4 Å². The number of hydrogen-bond donors (Lipinski definition) is 3. The Hall–Kier alpha value is -2.65. The molecule has 0 bridgehead atoms. The summed E-state index contributed by atoms with van der Waals surface area (Å²) in [5.74, 6) is -1.58. The molecule has 0 fully saturated rings. The third-order valence-electron chi connectivity index (χ3n) is 3.68. The second-order valence-electron chi connectivity index (χ2n) is 5.84. The van der Waals surface area contributed by atoms with Gasteiger partial charge in [-0.2, -0.15) is 0 Å². The molecule has 0 saturated carbocycles. The molecule has 1 atom stereocenters. The van der Waals surface area contributed by atoms with Crippen LogP contribution in [0.4, 0.5) is 10.1 Å². The highest BCUT2D eigenvalue weighted by atomic mass is 35.5. The number of sulfonamides is 1. The first-order chi connectivity index (χ1) is 13.1. The second-order valence-corrected chi connectivity index (χ2v) is 7.93. The molecule has 0 aliphatic carbocycles. The van der Waals surface area contributed by atoms with E-state index in [-0.39, 0.29) is 27.1 Å². The van der Waals surface area contributed by atoms with E-state index in [1.165, 1.54) is 31.2 Å². The number of likely N-dealkylation sites (N-methyl/N-ethyl adjacent to an activating group) is 1. The van der Waals surface area contributed by atoms with Gasteiger partial charge >= 0.3 is 0 Å². The van der Waals surface area contributed by atoms with Crippen LogP contribution in [-0.2, 0) is 14.8 Å². The number of hydrogen-bond acceptors (Lipinski definition) is 4. The van der Waals surface area contributed by atoms with Crippen LogP contribution in [0.2, 0.25) is 5.02 Å². The van der Waals surface area contributed by atoms with Crippen LogP contribution >= 0.6 is 11.6 Å². The largest absolute Gasteiger partial charge is 0.355 e. The fourth-order valence-corrected chi connectivity index (χ4v) is 3.53. The van der Waals surface area contributed by atoms with E-state index in [1.54, 1.807) is 6.92 Å². The smallest absolute Gasteiger partial charge is 0.261 e.